The summed E-state index contributed by atoms with van der Waals surface area (Å²) in [5.41, 5.74) is 3.90. The van der Waals surface area contributed by atoms with Gasteiger partial charge in [-0.25, -0.2) is 0 Å². The lowest BCUT2D eigenvalue weighted by Crippen LogP contribution is -2.52. The first-order chi connectivity index (χ1) is 13.1. The first-order valence-corrected chi connectivity index (χ1v) is 9.58. The maximum Gasteiger partial charge on any atom is 0.255 e. The summed E-state index contributed by atoms with van der Waals surface area (Å²) < 4.78 is 0. The van der Waals surface area contributed by atoms with Crippen molar-refractivity contribution in [1.82, 2.24) is 14.8 Å². The Morgan fingerprint density at radius 2 is 1.85 bits per heavy atom. The van der Waals surface area contributed by atoms with Crippen molar-refractivity contribution < 1.29 is 9.59 Å². The fourth-order valence-corrected chi connectivity index (χ4v) is 4.41. The Labute approximate surface area is 159 Å². The van der Waals surface area contributed by atoms with Gasteiger partial charge in [0.2, 0.25) is 5.91 Å². The number of hydrogen-bond donors (Lipinski definition) is 1. The number of rotatable bonds is 3. The first-order valence-electron chi connectivity index (χ1n) is 9.58. The molecule has 5 heteroatoms. The molecule has 0 saturated carbocycles. The topological polar surface area (TPSA) is 56.4 Å². The molecular weight excluding hydrogens is 338 g/mol. The lowest BCUT2D eigenvalue weighted by atomic mass is 9.96. The van der Waals surface area contributed by atoms with Crippen molar-refractivity contribution in [3.63, 3.8) is 0 Å². The Morgan fingerprint density at radius 1 is 1.11 bits per heavy atom. The van der Waals surface area contributed by atoms with Crippen LogP contribution < -0.4 is 0 Å². The number of aromatic nitrogens is 1. The number of carbonyl (C=O) groups excluding carboxylic acids is 2. The summed E-state index contributed by atoms with van der Waals surface area (Å²) in [7, 11) is 0. The molecule has 2 amide bonds. The number of amides is 2. The van der Waals surface area contributed by atoms with Gasteiger partial charge in [-0.3, -0.25) is 9.59 Å². The van der Waals surface area contributed by atoms with Crippen molar-refractivity contribution in [2.75, 3.05) is 13.1 Å². The van der Waals surface area contributed by atoms with Gasteiger partial charge < -0.3 is 14.8 Å². The zero-order chi connectivity index (χ0) is 19.0. The molecule has 2 fully saturated rings. The number of nitrogens with one attached hydrogen (secondary N) is 1. The number of fused-ring (bicyclic) bond motifs is 1. The number of benzene rings is 1. The highest BCUT2D eigenvalue weighted by Crippen LogP contribution is 2.32. The predicted octanol–water partition coefficient (Wildman–Crippen LogP) is 3.38. The number of aryl methyl sites for hydroxylation is 1. The zero-order valence-electron chi connectivity index (χ0n) is 15.6. The molecule has 2 saturated heterocycles. The van der Waals surface area contributed by atoms with Crippen LogP contribution in [0.2, 0.25) is 0 Å². The van der Waals surface area contributed by atoms with Crippen LogP contribution in [0.15, 0.2) is 49.2 Å². The third-order valence-corrected chi connectivity index (χ3v) is 5.82. The van der Waals surface area contributed by atoms with E-state index in [4.69, 9.17) is 0 Å². The van der Waals surface area contributed by atoms with E-state index in [1.54, 1.807) is 6.20 Å². The van der Waals surface area contributed by atoms with Crippen LogP contribution in [0.4, 0.5) is 0 Å². The van der Waals surface area contributed by atoms with Crippen molar-refractivity contribution in [2.24, 2.45) is 0 Å². The fraction of sp³-hybridized carbons (Fsp3) is 0.364. The largest absolute Gasteiger partial charge is 0.360 e. The average molecular weight is 363 g/mol. The first kappa shape index (κ1) is 17.6. The molecule has 2 aliphatic rings. The smallest absolute Gasteiger partial charge is 0.255 e. The number of H-pyrrole nitrogens is 1. The van der Waals surface area contributed by atoms with Crippen LogP contribution in [0.25, 0.3) is 11.3 Å². The standard InChI is InChI=1S/C22H25N3O2/c1-3-21(26)24-12-10-20-19(24)5-4-11-25(20)22(27)17-13-18(23-14-17)16-8-6-15(2)7-9-16/h3,6-9,13-14,19-20,23H,1,4-5,10-12H2,2H3. The molecule has 1 N–H and O–H groups in total. The molecule has 0 radical (unpaired) electrons. The minimum absolute atomic E-state index is 0.0277. The third-order valence-electron chi connectivity index (χ3n) is 5.82. The molecule has 0 spiro atoms. The van der Waals surface area contributed by atoms with Gasteiger partial charge in [-0.1, -0.05) is 36.4 Å². The molecule has 2 aliphatic heterocycles. The summed E-state index contributed by atoms with van der Waals surface area (Å²) in [5.74, 6) is 0.0207. The Balaban J connectivity index is 1.54. The highest BCUT2D eigenvalue weighted by Gasteiger charge is 2.43. The van der Waals surface area contributed by atoms with Crippen molar-refractivity contribution in [3.8, 4) is 11.3 Å². The zero-order valence-corrected chi connectivity index (χ0v) is 15.6. The number of piperidine rings is 1. The number of aromatic amines is 1. The van der Waals surface area contributed by atoms with Crippen molar-refractivity contribution in [1.29, 1.82) is 0 Å². The molecular formula is C22H25N3O2. The predicted molar refractivity (Wildman–Crippen MR) is 105 cm³/mol. The molecule has 5 nitrogen and oxygen atoms in total. The van der Waals surface area contributed by atoms with Gasteiger partial charge in [-0.15, -0.1) is 0 Å². The van der Waals surface area contributed by atoms with Crippen LogP contribution in [0.1, 0.15) is 35.2 Å². The molecule has 4 rings (SSSR count). The van der Waals surface area contributed by atoms with Gasteiger partial charge in [0.1, 0.15) is 0 Å². The summed E-state index contributed by atoms with van der Waals surface area (Å²) in [6, 6.07) is 10.4. The molecule has 1 aromatic heterocycles. The maximum atomic E-state index is 13.2. The van der Waals surface area contributed by atoms with E-state index in [0.29, 0.717) is 12.1 Å². The minimum atomic E-state index is -0.0277. The van der Waals surface area contributed by atoms with Crippen molar-refractivity contribution >= 4 is 11.8 Å². The van der Waals surface area contributed by atoms with Gasteiger partial charge in [0, 0.05) is 25.0 Å². The quantitative estimate of drug-likeness (QED) is 0.850. The molecule has 1 aromatic carbocycles. The number of likely N-dealkylation sites (tertiary alicyclic amines) is 2. The van der Waals surface area contributed by atoms with E-state index in [0.717, 1.165) is 37.1 Å². The molecule has 2 atom stereocenters. The van der Waals surface area contributed by atoms with Crippen LogP contribution in [0.3, 0.4) is 0 Å². The summed E-state index contributed by atoms with van der Waals surface area (Å²) in [4.78, 5) is 32.3. The van der Waals surface area contributed by atoms with Crippen LogP contribution in [0, 0.1) is 6.92 Å². The number of hydrogen-bond acceptors (Lipinski definition) is 2. The molecule has 27 heavy (non-hydrogen) atoms. The number of nitrogens with zero attached hydrogens (tertiary/aromatic N) is 2. The van der Waals surface area contributed by atoms with Crippen LogP contribution in [-0.4, -0.2) is 51.8 Å². The van der Waals surface area contributed by atoms with E-state index in [9.17, 15) is 9.59 Å². The molecule has 3 heterocycles. The Kier molecular flexibility index (Phi) is 4.60. The van der Waals surface area contributed by atoms with Gasteiger partial charge in [0.05, 0.1) is 17.6 Å². The second-order valence-corrected chi connectivity index (χ2v) is 7.47. The Morgan fingerprint density at radius 3 is 2.59 bits per heavy atom. The van der Waals surface area contributed by atoms with E-state index in [1.165, 1.54) is 11.6 Å². The summed E-state index contributed by atoms with van der Waals surface area (Å²) in [5, 5.41) is 0. The second-order valence-electron chi connectivity index (χ2n) is 7.47. The monoisotopic (exact) mass is 363 g/mol. The lowest BCUT2D eigenvalue weighted by molar-refractivity contribution is -0.127. The SMILES string of the molecule is C=CC(=O)N1CCC2C1CCCN2C(=O)c1c[nH]c(-c2ccc(C)cc2)c1. The maximum absolute atomic E-state index is 13.2. The van der Waals surface area contributed by atoms with Gasteiger partial charge >= 0.3 is 0 Å². The lowest BCUT2D eigenvalue weighted by Gasteiger charge is -2.39. The van der Waals surface area contributed by atoms with E-state index >= 15 is 0 Å². The third kappa shape index (κ3) is 3.18. The van der Waals surface area contributed by atoms with Crippen LogP contribution >= 0.6 is 0 Å². The number of carbonyl (C=O) groups is 2. The van der Waals surface area contributed by atoms with Crippen LogP contribution in [0.5, 0.6) is 0 Å². The van der Waals surface area contributed by atoms with E-state index in [1.807, 2.05) is 15.9 Å². The average Bonchev–Trinajstić information content (AvgIpc) is 3.34. The van der Waals surface area contributed by atoms with Crippen LogP contribution in [-0.2, 0) is 4.79 Å². The minimum Gasteiger partial charge on any atom is -0.360 e. The summed E-state index contributed by atoms with van der Waals surface area (Å²) in [6.07, 6.45) is 5.88. The summed E-state index contributed by atoms with van der Waals surface area (Å²) >= 11 is 0. The van der Waals surface area contributed by atoms with E-state index < -0.39 is 0 Å². The van der Waals surface area contributed by atoms with E-state index in [-0.39, 0.29) is 23.9 Å². The van der Waals surface area contributed by atoms with Gasteiger partial charge in [0.25, 0.3) is 5.91 Å². The van der Waals surface area contributed by atoms with E-state index in [2.05, 4.69) is 42.8 Å². The van der Waals surface area contributed by atoms with Gasteiger partial charge in [-0.05, 0) is 43.9 Å². The highest BCUT2D eigenvalue weighted by molar-refractivity contribution is 5.96. The molecule has 0 aliphatic carbocycles. The van der Waals surface area contributed by atoms with Crippen molar-refractivity contribution in [2.45, 2.75) is 38.3 Å². The summed E-state index contributed by atoms with van der Waals surface area (Å²) in [6.45, 7) is 7.11. The Bertz CT molecular complexity index is 868. The van der Waals surface area contributed by atoms with Gasteiger partial charge in [-0.2, -0.15) is 0 Å². The molecule has 140 valence electrons. The molecule has 2 aromatic rings. The molecule has 2 unspecified atom stereocenters. The highest BCUT2D eigenvalue weighted by atomic mass is 16.2. The Hall–Kier alpha value is -2.82. The fourth-order valence-electron chi connectivity index (χ4n) is 4.41. The second kappa shape index (κ2) is 7.06. The van der Waals surface area contributed by atoms with Crippen molar-refractivity contribution in [3.05, 3.63) is 60.3 Å². The van der Waals surface area contributed by atoms with Gasteiger partial charge in [0.15, 0.2) is 0 Å². The molecule has 0 bridgehead atoms. The normalized spacial score (nSPS) is 21.8.